The topological polar surface area (TPSA) is 197 Å². The second-order valence-corrected chi connectivity index (χ2v) is 7.04. The van der Waals surface area contributed by atoms with E-state index in [1.165, 1.54) is 36.7 Å². The van der Waals surface area contributed by atoms with Crippen LogP contribution < -0.4 is 20.9 Å². The van der Waals surface area contributed by atoms with Crippen molar-refractivity contribution in [3.05, 3.63) is 77.6 Å². The average molecular weight is 505 g/mol. The summed E-state index contributed by atoms with van der Waals surface area (Å²) in [4.78, 5) is 30.5. The number of rotatable bonds is 11. The van der Waals surface area contributed by atoms with Crippen LogP contribution in [0, 0.1) is 0 Å². The predicted molar refractivity (Wildman–Crippen MR) is 132 cm³/mol. The molecule has 0 unspecified atom stereocenters. The molecule has 0 atom stereocenters. The maximum absolute atomic E-state index is 11.0. The molecule has 0 aliphatic carbocycles. The van der Waals surface area contributed by atoms with Crippen LogP contribution in [-0.2, 0) is 0 Å². The molecule has 4 rings (SSSR count). The zero-order valence-corrected chi connectivity index (χ0v) is 19.1. The highest BCUT2D eigenvalue weighted by Gasteiger charge is 2.10. The number of hydrogen-bond donors (Lipinski definition) is 5. The molecule has 4 aromatic rings. The first-order valence-corrected chi connectivity index (χ1v) is 10.4. The molecule has 0 spiro atoms. The molecular formula is C23H19N7O7. The van der Waals surface area contributed by atoms with Gasteiger partial charge in [-0.05, 0) is 36.4 Å². The van der Waals surface area contributed by atoms with E-state index in [0.717, 1.165) is 0 Å². The number of carboxylic acids is 2. The lowest BCUT2D eigenvalue weighted by molar-refractivity contribution is 0.0652. The van der Waals surface area contributed by atoms with E-state index in [2.05, 4.69) is 36.3 Å². The first kappa shape index (κ1) is 24.5. The van der Waals surface area contributed by atoms with Gasteiger partial charge in [-0.1, -0.05) is 12.1 Å². The van der Waals surface area contributed by atoms with Crippen molar-refractivity contribution >= 4 is 47.6 Å². The minimum Gasteiger partial charge on any atom is -0.495 e. The van der Waals surface area contributed by atoms with Gasteiger partial charge in [0, 0.05) is 6.07 Å². The molecule has 0 fully saturated rings. The molecule has 0 saturated carbocycles. The minimum absolute atomic E-state index is 0.0602. The van der Waals surface area contributed by atoms with Crippen LogP contribution in [-0.4, -0.2) is 51.7 Å². The van der Waals surface area contributed by atoms with E-state index in [1.54, 1.807) is 25.3 Å². The van der Waals surface area contributed by atoms with Gasteiger partial charge in [-0.15, -0.1) is 0 Å². The maximum Gasteiger partial charge on any atom is 0.371 e. The fraction of sp³-hybridized carbons (Fsp3) is 0.0435. The Hall–Kier alpha value is -5.66. The summed E-state index contributed by atoms with van der Waals surface area (Å²) in [5, 5.41) is 29.0. The second kappa shape index (κ2) is 11.2. The molecule has 0 aliphatic heterocycles. The van der Waals surface area contributed by atoms with E-state index < -0.39 is 11.9 Å². The maximum atomic E-state index is 11.0. The highest BCUT2D eigenvalue weighted by molar-refractivity contribution is 5.87. The Morgan fingerprint density at radius 3 is 2.05 bits per heavy atom. The van der Waals surface area contributed by atoms with Crippen LogP contribution in [0.15, 0.2) is 73.6 Å². The number of carbonyl (C=O) groups is 2. The van der Waals surface area contributed by atoms with Crippen LogP contribution in [0.25, 0.3) is 0 Å². The quantitative estimate of drug-likeness (QED) is 0.147. The lowest BCUT2D eigenvalue weighted by Gasteiger charge is -2.12. The van der Waals surface area contributed by atoms with Gasteiger partial charge in [-0.2, -0.15) is 20.2 Å². The number of benzene rings is 1. The van der Waals surface area contributed by atoms with Crippen molar-refractivity contribution in [1.82, 2.24) is 9.97 Å². The Bertz CT molecular complexity index is 1390. The van der Waals surface area contributed by atoms with Gasteiger partial charge in [0.2, 0.25) is 17.5 Å². The van der Waals surface area contributed by atoms with Crippen molar-refractivity contribution in [3.8, 4) is 5.75 Å². The van der Waals surface area contributed by atoms with Gasteiger partial charge >= 0.3 is 11.9 Å². The Morgan fingerprint density at radius 2 is 1.46 bits per heavy atom. The molecule has 0 amide bonds. The lowest BCUT2D eigenvalue weighted by atomic mass is 10.3. The van der Waals surface area contributed by atoms with E-state index in [4.69, 9.17) is 23.8 Å². The Balaban J connectivity index is 1.54. The molecule has 3 heterocycles. The fourth-order valence-corrected chi connectivity index (χ4v) is 2.89. The summed E-state index contributed by atoms with van der Waals surface area (Å²) in [6, 6.07) is 14.3. The third-order valence-corrected chi connectivity index (χ3v) is 4.50. The zero-order chi connectivity index (χ0) is 26.2. The summed E-state index contributed by atoms with van der Waals surface area (Å²) >= 11 is 0. The summed E-state index contributed by atoms with van der Waals surface area (Å²) in [5.74, 6) is -1.17. The number of aromatic nitrogens is 2. The fourth-order valence-electron chi connectivity index (χ4n) is 2.89. The predicted octanol–water partition coefficient (Wildman–Crippen LogP) is 3.70. The molecule has 3 aromatic heterocycles. The molecular weight excluding hydrogens is 486 g/mol. The number of furan rings is 2. The van der Waals surface area contributed by atoms with Crippen LogP contribution in [0.3, 0.4) is 0 Å². The smallest absolute Gasteiger partial charge is 0.371 e. The monoisotopic (exact) mass is 505 g/mol. The Morgan fingerprint density at radius 1 is 0.865 bits per heavy atom. The van der Waals surface area contributed by atoms with Crippen LogP contribution in [0.1, 0.15) is 32.6 Å². The number of anilines is 4. The molecule has 0 saturated heterocycles. The number of hydrazone groups is 2. The van der Waals surface area contributed by atoms with Gasteiger partial charge < -0.3 is 29.1 Å². The Labute approximate surface area is 208 Å². The summed E-state index contributed by atoms with van der Waals surface area (Å²) < 4.78 is 15.6. The third-order valence-electron chi connectivity index (χ3n) is 4.50. The molecule has 1 aromatic carbocycles. The number of aromatic carboxylic acids is 2. The van der Waals surface area contributed by atoms with Gasteiger partial charge in [0.25, 0.3) is 0 Å². The highest BCUT2D eigenvalue weighted by Crippen LogP contribution is 2.27. The van der Waals surface area contributed by atoms with Gasteiger partial charge in [0.1, 0.15) is 23.1 Å². The molecule has 37 heavy (non-hydrogen) atoms. The molecule has 0 radical (unpaired) electrons. The summed E-state index contributed by atoms with van der Waals surface area (Å²) in [7, 11) is 1.54. The Kier molecular flexibility index (Phi) is 7.39. The molecule has 188 valence electrons. The van der Waals surface area contributed by atoms with Crippen molar-refractivity contribution in [2.45, 2.75) is 0 Å². The van der Waals surface area contributed by atoms with E-state index in [-0.39, 0.29) is 34.8 Å². The van der Waals surface area contributed by atoms with Crippen molar-refractivity contribution in [1.29, 1.82) is 0 Å². The molecule has 5 N–H and O–H groups in total. The lowest BCUT2D eigenvalue weighted by Crippen LogP contribution is -2.04. The van der Waals surface area contributed by atoms with E-state index in [1.807, 2.05) is 12.1 Å². The first-order chi connectivity index (χ1) is 17.9. The minimum atomic E-state index is -1.20. The molecule has 14 heteroatoms. The standard InChI is InChI=1S/C23H19N7O7/c1-35-16-5-3-2-4-15(16)26-19-10-20(29-24-11-13-6-8-17(36-13)21(31)32)28-23(27-19)30-25-12-14-7-9-18(37-14)22(33)34/h2-12H,1H3,(H,31,32)(H,33,34)(H3,26,27,28,29,30). The largest absolute Gasteiger partial charge is 0.495 e. The number of ether oxygens (including phenoxy) is 1. The van der Waals surface area contributed by atoms with Crippen LogP contribution in [0.2, 0.25) is 0 Å². The summed E-state index contributed by atoms with van der Waals surface area (Å²) in [6.45, 7) is 0. The average Bonchev–Trinajstić information content (AvgIpc) is 3.55. The van der Waals surface area contributed by atoms with Gasteiger partial charge in [0.15, 0.2) is 5.82 Å². The van der Waals surface area contributed by atoms with E-state index in [9.17, 15) is 9.59 Å². The summed E-state index contributed by atoms with van der Waals surface area (Å²) in [6.07, 6.45) is 2.54. The van der Waals surface area contributed by atoms with Crippen molar-refractivity contribution in [2.75, 3.05) is 23.3 Å². The summed E-state index contributed by atoms with van der Waals surface area (Å²) in [5.41, 5.74) is 6.00. The number of methoxy groups -OCH3 is 1. The number of para-hydroxylation sites is 2. The SMILES string of the molecule is COc1ccccc1Nc1cc(NN=Cc2ccc(C(=O)O)o2)nc(NN=Cc2ccc(C(=O)O)o2)n1. The number of hydrogen-bond acceptors (Lipinski definition) is 12. The van der Waals surface area contributed by atoms with Crippen molar-refractivity contribution in [3.63, 3.8) is 0 Å². The van der Waals surface area contributed by atoms with E-state index in [0.29, 0.717) is 17.3 Å². The van der Waals surface area contributed by atoms with Crippen LogP contribution in [0.4, 0.5) is 23.3 Å². The zero-order valence-electron chi connectivity index (χ0n) is 19.1. The molecule has 0 bridgehead atoms. The second-order valence-electron chi connectivity index (χ2n) is 7.04. The van der Waals surface area contributed by atoms with Gasteiger partial charge in [-0.3, -0.25) is 5.43 Å². The highest BCUT2D eigenvalue weighted by atomic mass is 16.5. The number of nitrogens with zero attached hydrogens (tertiary/aromatic N) is 4. The molecule has 0 aliphatic rings. The first-order valence-electron chi connectivity index (χ1n) is 10.4. The number of nitrogens with one attached hydrogen (secondary N) is 3. The van der Waals surface area contributed by atoms with Crippen LogP contribution >= 0.6 is 0 Å². The molecule has 14 nitrogen and oxygen atoms in total. The third kappa shape index (κ3) is 6.48. The van der Waals surface area contributed by atoms with E-state index >= 15 is 0 Å². The van der Waals surface area contributed by atoms with Crippen LogP contribution in [0.5, 0.6) is 5.75 Å². The normalized spacial score (nSPS) is 11.1. The van der Waals surface area contributed by atoms with Gasteiger partial charge in [-0.25, -0.2) is 15.0 Å². The van der Waals surface area contributed by atoms with Crippen molar-refractivity contribution in [2.24, 2.45) is 10.2 Å². The number of carboxylic acid groups (broad SMARTS) is 2. The van der Waals surface area contributed by atoms with Crippen molar-refractivity contribution < 1.29 is 33.4 Å². The van der Waals surface area contributed by atoms with Gasteiger partial charge in [0.05, 0.1) is 25.2 Å².